The van der Waals surface area contributed by atoms with E-state index in [1.807, 2.05) is 12.1 Å². The van der Waals surface area contributed by atoms with Crippen LogP contribution in [0.25, 0.3) is 11.4 Å². The molecule has 1 heterocycles. The lowest BCUT2D eigenvalue weighted by molar-refractivity contribution is 0.309. The molecule has 0 N–H and O–H groups in total. The summed E-state index contributed by atoms with van der Waals surface area (Å²) >= 11 is 0. The molecule has 0 amide bonds. The summed E-state index contributed by atoms with van der Waals surface area (Å²) in [4.78, 5) is 9.00. The lowest BCUT2D eigenvalue weighted by Crippen LogP contribution is -2.37. The SMILES string of the molecule is C=CCN(CC(=C)N(C)C1Cc2ccccc2C1)c1ccc(-c2noc(C)n2)cc1C. The molecule has 5 heteroatoms. The second kappa shape index (κ2) is 8.80. The monoisotopic (exact) mass is 414 g/mol. The predicted molar refractivity (Wildman–Crippen MR) is 126 cm³/mol. The molecule has 0 bridgehead atoms. The zero-order valence-corrected chi connectivity index (χ0v) is 18.6. The summed E-state index contributed by atoms with van der Waals surface area (Å²) in [5.74, 6) is 1.19. The third-order valence-corrected chi connectivity index (χ3v) is 6.12. The van der Waals surface area contributed by atoms with Crippen molar-refractivity contribution in [2.24, 2.45) is 0 Å². The number of nitrogens with zero attached hydrogens (tertiary/aromatic N) is 4. The highest BCUT2D eigenvalue weighted by Gasteiger charge is 2.25. The van der Waals surface area contributed by atoms with Crippen LogP contribution in [0, 0.1) is 13.8 Å². The largest absolute Gasteiger partial charge is 0.373 e. The standard InChI is InChI=1S/C26H30N4O/c1-6-13-30(25-12-11-23(14-18(25)2)26-27-20(4)31-28-26)17-19(3)29(5)24-15-21-9-7-8-10-22(21)16-24/h6-12,14,24H,1,3,13,15-17H2,2,4-5H3. The van der Waals surface area contributed by atoms with Crippen LogP contribution in [0.5, 0.6) is 0 Å². The van der Waals surface area contributed by atoms with E-state index in [0.717, 1.165) is 48.4 Å². The van der Waals surface area contributed by atoms with Crippen LogP contribution >= 0.6 is 0 Å². The summed E-state index contributed by atoms with van der Waals surface area (Å²) in [5, 5.41) is 4.03. The highest BCUT2D eigenvalue weighted by atomic mass is 16.5. The van der Waals surface area contributed by atoms with E-state index in [9.17, 15) is 0 Å². The van der Waals surface area contributed by atoms with Crippen LogP contribution in [0.1, 0.15) is 22.6 Å². The van der Waals surface area contributed by atoms with E-state index in [4.69, 9.17) is 4.52 Å². The Morgan fingerprint density at radius 3 is 2.45 bits per heavy atom. The maximum Gasteiger partial charge on any atom is 0.223 e. The van der Waals surface area contributed by atoms with Gasteiger partial charge in [-0.15, -0.1) is 6.58 Å². The average Bonchev–Trinajstić information content (AvgIpc) is 3.39. The highest BCUT2D eigenvalue weighted by molar-refractivity contribution is 5.64. The maximum absolute atomic E-state index is 5.12. The molecular formula is C26H30N4O. The van der Waals surface area contributed by atoms with Crippen molar-refractivity contribution in [3.63, 3.8) is 0 Å². The van der Waals surface area contributed by atoms with Gasteiger partial charge in [0.2, 0.25) is 11.7 Å². The Morgan fingerprint density at radius 2 is 1.87 bits per heavy atom. The molecule has 0 saturated carbocycles. The van der Waals surface area contributed by atoms with Crippen LogP contribution in [-0.2, 0) is 12.8 Å². The van der Waals surface area contributed by atoms with Crippen molar-refractivity contribution >= 4 is 5.69 Å². The van der Waals surface area contributed by atoms with Crippen molar-refractivity contribution in [2.45, 2.75) is 32.7 Å². The van der Waals surface area contributed by atoms with Crippen LogP contribution in [0.15, 0.2) is 71.9 Å². The zero-order chi connectivity index (χ0) is 22.0. The van der Waals surface area contributed by atoms with Gasteiger partial charge in [-0.25, -0.2) is 0 Å². The van der Waals surface area contributed by atoms with Crippen LogP contribution < -0.4 is 4.90 Å². The Labute approximate surface area is 184 Å². The van der Waals surface area contributed by atoms with Gasteiger partial charge < -0.3 is 14.3 Å². The smallest absolute Gasteiger partial charge is 0.223 e. The minimum absolute atomic E-state index is 0.459. The van der Waals surface area contributed by atoms with E-state index < -0.39 is 0 Å². The summed E-state index contributed by atoms with van der Waals surface area (Å²) in [6, 6.07) is 15.5. The van der Waals surface area contributed by atoms with E-state index in [-0.39, 0.29) is 0 Å². The molecular weight excluding hydrogens is 384 g/mol. The van der Waals surface area contributed by atoms with Crippen LogP contribution in [0.3, 0.4) is 0 Å². The molecule has 31 heavy (non-hydrogen) atoms. The van der Waals surface area contributed by atoms with Crippen LogP contribution in [-0.4, -0.2) is 41.2 Å². The Kier molecular flexibility index (Phi) is 5.94. The van der Waals surface area contributed by atoms with Gasteiger partial charge >= 0.3 is 0 Å². The van der Waals surface area contributed by atoms with Crippen molar-refractivity contribution in [1.82, 2.24) is 15.0 Å². The van der Waals surface area contributed by atoms with E-state index >= 15 is 0 Å². The van der Waals surface area contributed by atoms with Gasteiger partial charge in [-0.05, 0) is 54.7 Å². The molecule has 0 unspecified atom stereocenters. The molecule has 160 valence electrons. The number of rotatable bonds is 8. The maximum atomic E-state index is 5.12. The second-order valence-corrected chi connectivity index (χ2v) is 8.32. The molecule has 0 atom stereocenters. The Bertz CT molecular complexity index is 1080. The fourth-order valence-corrected chi connectivity index (χ4v) is 4.37. The molecule has 1 aliphatic carbocycles. The fourth-order valence-electron chi connectivity index (χ4n) is 4.37. The summed E-state index contributed by atoms with van der Waals surface area (Å²) < 4.78 is 5.12. The topological polar surface area (TPSA) is 45.4 Å². The van der Waals surface area contributed by atoms with Gasteiger partial charge in [-0.3, -0.25) is 0 Å². The summed E-state index contributed by atoms with van der Waals surface area (Å²) in [5.41, 5.74) is 7.29. The Hall–Kier alpha value is -3.34. The quantitative estimate of drug-likeness (QED) is 0.488. The van der Waals surface area contributed by atoms with Gasteiger partial charge in [0, 0.05) is 43.5 Å². The molecule has 0 saturated heterocycles. The molecule has 0 aliphatic heterocycles. The van der Waals surface area contributed by atoms with Gasteiger partial charge in [0.05, 0.1) is 6.54 Å². The second-order valence-electron chi connectivity index (χ2n) is 8.32. The fraction of sp³-hybridized carbons (Fsp3) is 0.308. The van der Waals surface area contributed by atoms with Crippen molar-refractivity contribution in [1.29, 1.82) is 0 Å². The first-order valence-corrected chi connectivity index (χ1v) is 10.7. The molecule has 2 aromatic carbocycles. The molecule has 0 radical (unpaired) electrons. The van der Waals surface area contributed by atoms with Crippen LogP contribution in [0.2, 0.25) is 0 Å². The number of hydrogen-bond donors (Lipinski definition) is 0. The predicted octanol–water partition coefficient (Wildman–Crippen LogP) is 4.96. The average molecular weight is 415 g/mol. The summed E-state index contributed by atoms with van der Waals surface area (Å²) in [6.45, 7) is 13.8. The van der Waals surface area contributed by atoms with Crippen molar-refractivity contribution in [3.8, 4) is 11.4 Å². The molecule has 1 aromatic heterocycles. The molecule has 0 fully saturated rings. The number of likely N-dealkylation sites (N-methyl/N-ethyl adjacent to an activating group) is 1. The van der Waals surface area contributed by atoms with Crippen LogP contribution in [0.4, 0.5) is 5.69 Å². The normalized spacial score (nSPS) is 13.1. The first-order valence-electron chi connectivity index (χ1n) is 10.7. The van der Waals surface area contributed by atoms with Gasteiger partial charge in [-0.1, -0.05) is 42.1 Å². The number of anilines is 1. The van der Waals surface area contributed by atoms with Crippen molar-refractivity contribution in [2.75, 3.05) is 25.0 Å². The number of fused-ring (bicyclic) bond motifs is 1. The number of benzene rings is 2. The van der Waals surface area contributed by atoms with Crippen molar-refractivity contribution < 1.29 is 4.52 Å². The molecule has 4 rings (SSSR count). The third-order valence-electron chi connectivity index (χ3n) is 6.12. The zero-order valence-electron chi connectivity index (χ0n) is 18.6. The van der Waals surface area contributed by atoms with Gasteiger partial charge in [0.15, 0.2) is 0 Å². The Balaban J connectivity index is 1.49. The minimum Gasteiger partial charge on any atom is -0.373 e. The third kappa shape index (κ3) is 4.41. The van der Waals surface area contributed by atoms with Gasteiger partial charge in [0.25, 0.3) is 0 Å². The molecule has 1 aliphatic rings. The van der Waals surface area contributed by atoms with E-state index in [1.54, 1.807) is 6.92 Å². The number of hydrogen-bond acceptors (Lipinski definition) is 5. The van der Waals surface area contributed by atoms with Gasteiger partial charge in [0.1, 0.15) is 0 Å². The number of aromatic nitrogens is 2. The van der Waals surface area contributed by atoms with E-state index in [2.05, 4.69) is 83.5 Å². The van der Waals surface area contributed by atoms with Gasteiger partial charge in [-0.2, -0.15) is 4.98 Å². The van der Waals surface area contributed by atoms with Crippen molar-refractivity contribution in [3.05, 3.63) is 90.0 Å². The summed E-state index contributed by atoms with van der Waals surface area (Å²) in [6.07, 6.45) is 4.09. The lowest BCUT2D eigenvalue weighted by atomic mass is 10.1. The highest BCUT2D eigenvalue weighted by Crippen LogP contribution is 2.29. The first-order chi connectivity index (χ1) is 15.0. The Morgan fingerprint density at radius 1 is 1.16 bits per heavy atom. The molecule has 0 spiro atoms. The summed E-state index contributed by atoms with van der Waals surface area (Å²) in [7, 11) is 2.17. The van der Waals surface area contributed by atoms with E-state index in [1.165, 1.54) is 11.1 Å². The molecule has 3 aromatic rings. The van der Waals surface area contributed by atoms with E-state index in [0.29, 0.717) is 17.8 Å². The number of aryl methyl sites for hydroxylation is 2. The lowest BCUT2D eigenvalue weighted by Gasteiger charge is -2.33. The minimum atomic E-state index is 0.459. The first kappa shape index (κ1) is 20.9. The molecule has 5 nitrogen and oxygen atoms in total.